The van der Waals surface area contributed by atoms with Crippen LogP contribution in [-0.2, 0) is 0 Å². The van der Waals surface area contributed by atoms with Crippen LogP contribution in [0.25, 0.3) is 22.3 Å². The third kappa shape index (κ3) is 6.54. The smallest absolute Gasteiger partial charge is 0.127 e. The first kappa shape index (κ1) is 26.5. The van der Waals surface area contributed by atoms with Crippen LogP contribution in [0.1, 0.15) is 11.1 Å². The Bertz CT molecular complexity index is 1610. The molecular formula is C38H30O2S. The summed E-state index contributed by atoms with van der Waals surface area (Å²) in [4.78, 5) is 2.52. The molecule has 0 saturated heterocycles. The Labute approximate surface area is 246 Å². The molecule has 3 heteroatoms. The van der Waals surface area contributed by atoms with Crippen LogP contribution >= 0.6 is 11.8 Å². The van der Waals surface area contributed by atoms with Crippen LogP contribution in [0.5, 0.6) is 23.0 Å². The number of ether oxygens (including phenoxy) is 2. The van der Waals surface area contributed by atoms with Gasteiger partial charge in [0.05, 0.1) is 0 Å². The highest BCUT2D eigenvalue weighted by molar-refractivity contribution is 7.99. The van der Waals surface area contributed by atoms with Crippen molar-refractivity contribution in [1.29, 1.82) is 0 Å². The zero-order chi connectivity index (χ0) is 28.0. The second-order valence-electron chi connectivity index (χ2n) is 9.94. The number of rotatable bonds is 8. The molecule has 0 unspecified atom stereocenters. The lowest BCUT2D eigenvalue weighted by Crippen LogP contribution is -1.88. The zero-order valence-corrected chi connectivity index (χ0v) is 23.9. The molecule has 41 heavy (non-hydrogen) atoms. The third-order valence-corrected chi connectivity index (χ3v) is 8.26. The van der Waals surface area contributed by atoms with Gasteiger partial charge in [-0.05, 0) is 108 Å². The van der Waals surface area contributed by atoms with Gasteiger partial charge >= 0.3 is 0 Å². The SMILES string of the molecule is Cc1cc(-c2ccc(Oc3ccccc3)cc2)ccc1Sc1ccc(-c2ccc(Oc3ccccc3)cc2)cc1C. The first-order chi connectivity index (χ1) is 20.1. The lowest BCUT2D eigenvalue weighted by atomic mass is 10.0. The summed E-state index contributed by atoms with van der Waals surface area (Å²) >= 11 is 1.82. The van der Waals surface area contributed by atoms with Crippen LogP contribution in [0.4, 0.5) is 0 Å². The van der Waals surface area contributed by atoms with E-state index in [0.29, 0.717) is 0 Å². The Hall–Kier alpha value is -4.73. The van der Waals surface area contributed by atoms with E-state index in [2.05, 4.69) is 74.5 Å². The summed E-state index contributed by atoms with van der Waals surface area (Å²) in [5.41, 5.74) is 7.26. The molecule has 0 saturated carbocycles. The van der Waals surface area contributed by atoms with E-state index in [4.69, 9.17) is 9.47 Å². The van der Waals surface area contributed by atoms with Gasteiger partial charge in [0.1, 0.15) is 23.0 Å². The van der Waals surface area contributed by atoms with E-state index in [-0.39, 0.29) is 0 Å². The van der Waals surface area contributed by atoms with Crippen molar-refractivity contribution in [2.24, 2.45) is 0 Å². The molecular weight excluding hydrogens is 520 g/mol. The molecule has 6 aromatic rings. The molecule has 0 heterocycles. The lowest BCUT2D eigenvalue weighted by molar-refractivity contribution is 0.482. The highest BCUT2D eigenvalue weighted by atomic mass is 32.2. The van der Waals surface area contributed by atoms with Gasteiger partial charge in [-0.1, -0.05) is 96.7 Å². The van der Waals surface area contributed by atoms with Gasteiger partial charge in [0.15, 0.2) is 0 Å². The van der Waals surface area contributed by atoms with Gasteiger partial charge in [0.25, 0.3) is 0 Å². The van der Waals surface area contributed by atoms with E-state index in [9.17, 15) is 0 Å². The molecule has 6 rings (SSSR count). The van der Waals surface area contributed by atoms with Crippen LogP contribution in [0, 0.1) is 13.8 Å². The molecule has 0 aliphatic heterocycles. The van der Waals surface area contributed by atoms with Gasteiger partial charge in [-0.25, -0.2) is 0 Å². The molecule has 0 aromatic heterocycles. The predicted molar refractivity (Wildman–Crippen MR) is 170 cm³/mol. The minimum atomic E-state index is 0.833. The molecule has 0 bridgehead atoms. The van der Waals surface area contributed by atoms with E-state index < -0.39 is 0 Å². The summed E-state index contributed by atoms with van der Waals surface area (Å²) < 4.78 is 11.9. The number of para-hydroxylation sites is 2. The van der Waals surface area contributed by atoms with E-state index in [1.165, 1.54) is 43.2 Å². The molecule has 0 spiro atoms. The summed E-state index contributed by atoms with van der Waals surface area (Å²) in [6.07, 6.45) is 0. The molecule has 0 aliphatic carbocycles. The minimum Gasteiger partial charge on any atom is -0.457 e. The summed E-state index contributed by atoms with van der Waals surface area (Å²) in [6, 6.07) is 49.6. The number of hydrogen-bond acceptors (Lipinski definition) is 3. The second-order valence-corrected chi connectivity index (χ2v) is 11.0. The van der Waals surface area contributed by atoms with Crippen LogP contribution in [0.15, 0.2) is 155 Å². The largest absolute Gasteiger partial charge is 0.457 e. The van der Waals surface area contributed by atoms with Crippen molar-refractivity contribution >= 4 is 11.8 Å². The maximum absolute atomic E-state index is 5.94. The fourth-order valence-electron chi connectivity index (χ4n) is 4.69. The first-order valence-corrected chi connectivity index (χ1v) is 14.5. The standard InChI is InChI=1S/C38H30O2S/c1-27-25-31(29-13-19-35(20-14-29)39-33-9-5-3-6-10-33)17-23-37(27)41-38-24-18-32(26-28(38)2)30-15-21-36(22-16-30)40-34-11-7-4-8-12-34/h3-26H,1-2H3. The monoisotopic (exact) mass is 550 g/mol. The van der Waals surface area contributed by atoms with Crippen molar-refractivity contribution in [2.45, 2.75) is 23.6 Å². The van der Waals surface area contributed by atoms with Crippen molar-refractivity contribution in [1.82, 2.24) is 0 Å². The van der Waals surface area contributed by atoms with E-state index in [1.807, 2.05) is 96.7 Å². The Kier molecular flexibility index (Phi) is 7.88. The molecule has 0 aliphatic rings. The van der Waals surface area contributed by atoms with Crippen LogP contribution in [-0.4, -0.2) is 0 Å². The fraction of sp³-hybridized carbons (Fsp3) is 0.0526. The Balaban J connectivity index is 1.12. The van der Waals surface area contributed by atoms with Gasteiger partial charge < -0.3 is 9.47 Å². The summed E-state index contributed by atoms with van der Waals surface area (Å²) in [7, 11) is 0. The molecule has 6 aromatic carbocycles. The maximum Gasteiger partial charge on any atom is 0.127 e. The van der Waals surface area contributed by atoms with Crippen molar-refractivity contribution in [3.63, 3.8) is 0 Å². The van der Waals surface area contributed by atoms with E-state index in [0.717, 1.165) is 23.0 Å². The summed E-state index contributed by atoms with van der Waals surface area (Å²) in [5, 5.41) is 0. The fourth-order valence-corrected chi connectivity index (χ4v) is 5.63. The average Bonchev–Trinajstić information content (AvgIpc) is 3.01. The maximum atomic E-state index is 5.94. The van der Waals surface area contributed by atoms with Crippen molar-refractivity contribution in [3.05, 3.63) is 157 Å². The lowest BCUT2D eigenvalue weighted by Gasteiger charge is -2.12. The summed E-state index contributed by atoms with van der Waals surface area (Å²) in [6.45, 7) is 4.36. The quantitative estimate of drug-likeness (QED) is 0.188. The van der Waals surface area contributed by atoms with Crippen molar-refractivity contribution in [3.8, 4) is 45.3 Å². The second kappa shape index (κ2) is 12.2. The normalized spacial score (nSPS) is 10.8. The zero-order valence-electron chi connectivity index (χ0n) is 23.1. The van der Waals surface area contributed by atoms with E-state index >= 15 is 0 Å². The Morgan fingerprint density at radius 1 is 0.366 bits per heavy atom. The van der Waals surface area contributed by atoms with E-state index in [1.54, 1.807) is 0 Å². The minimum absolute atomic E-state index is 0.833. The number of hydrogen-bond donors (Lipinski definition) is 0. The molecule has 0 atom stereocenters. The Morgan fingerprint density at radius 2 is 0.707 bits per heavy atom. The van der Waals surface area contributed by atoms with Gasteiger partial charge in [0.2, 0.25) is 0 Å². The van der Waals surface area contributed by atoms with Crippen LogP contribution in [0.3, 0.4) is 0 Å². The highest BCUT2D eigenvalue weighted by Crippen LogP contribution is 2.37. The van der Waals surface area contributed by atoms with Crippen molar-refractivity contribution < 1.29 is 9.47 Å². The first-order valence-electron chi connectivity index (χ1n) is 13.7. The topological polar surface area (TPSA) is 18.5 Å². The van der Waals surface area contributed by atoms with Crippen LogP contribution < -0.4 is 9.47 Å². The van der Waals surface area contributed by atoms with Crippen LogP contribution in [0.2, 0.25) is 0 Å². The molecule has 0 amide bonds. The van der Waals surface area contributed by atoms with Gasteiger partial charge in [-0.2, -0.15) is 0 Å². The van der Waals surface area contributed by atoms with Gasteiger partial charge in [-0.3, -0.25) is 0 Å². The average molecular weight is 551 g/mol. The Morgan fingerprint density at radius 3 is 1.07 bits per heavy atom. The summed E-state index contributed by atoms with van der Waals surface area (Å²) in [5.74, 6) is 3.35. The number of aryl methyl sites for hydroxylation is 2. The molecule has 0 fully saturated rings. The van der Waals surface area contributed by atoms with Gasteiger partial charge in [-0.15, -0.1) is 0 Å². The predicted octanol–water partition coefficient (Wildman–Crippen LogP) is 11.4. The molecule has 0 radical (unpaired) electrons. The van der Waals surface area contributed by atoms with Gasteiger partial charge in [0, 0.05) is 9.79 Å². The number of benzene rings is 6. The molecule has 2 nitrogen and oxygen atoms in total. The highest BCUT2D eigenvalue weighted by Gasteiger charge is 2.09. The third-order valence-electron chi connectivity index (χ3n) is 6.90. The molecule has 200 valence electrons. The molecule has 0 N–H and O–H groups in total. The van der Waals surface area contributed by atoms with Crippen molar-refractivity contribution in [2.75, 3.05) is 0 Å².